The number of hydrogen-bond donors (Lipinski definition) is 2. The van der Waals surface area contributed by atoms with Gasteiger partial charge in [0.15, 0.2) is 6.61 Å². The number of H-pyrrole nitrogens is 1. The molecule has 0 saturated heterocycles. The quantitative estimate of drug-likeness (QED) is 0.398. The molecule has 1 amide bonds. The third kappa shape index (κ3) is 4.06. The van der Waals surface area contributed by atoms with Crippen LogP contribution in [-0.2, 0) is 4.79 Å². The van der Waals surface area contributed by atoms with E-state index in [1.807, 2.05) is 30.0 Å². The monoisotopic (exact) mass is 532 g/mol. The van der Waals surface area contributed by atoms with Crippen molar-refractivity contribution < 1.29 is 9.53 Å². The summed E-state index contributed by atoms with van der Waals surface area (Å²) in [6.07, 6.45) is 3.87. The Labute approximate surface area is 215 Å². The molecule has 2 bridgehead atoms. The smallest absolute Gasteiger partial charge is 0.305 e. The van der Waals surface area contributed by atoms with E-state index < -0.39 is 0 Å². The number of aromatic amines is 1. The molecule has 2 fully saturated rings. The van der Waals surface area contributed by atoms with E-state index in [2.05, 4.69) is 16.4 Å². The Morgan fingerprint density at radius 3 is 2.82 bits per heavy atom. The molecule has 5 atom stereocenters. The maximum absolute atomic E-state index is 12.4. The highest BCUT2D eigenvalue weighted by Gasteiger charge is 2.54. The minimum atomic E-state index is -0.280. The van der Waals surface area contributed by atoms with E-state index in [1.54, 1.807) is 18.2 Å². The van der Waals surface area contributed by atoms with Gasteiger partial charge in [-0.15, -0.1) is 11.8 Å². The zero-order valence-electron chi connectivity index (χ0n) is 18.1. The van der Waals surface area contributed by atoms with Crippen LogP contribution in [0, 0.1) is 17.8 Å². The molecule has 2 aromatic carbocycles. The molecule has 3 aromatic rings. The maximum atomic E-state index is 12.4. The SMILES string of the molecule is O=C(COc1cccc([C@H]2c3sc(=O)[nH]c3SC3C4CCC(C4)C32)c1)Nc1ccc(Cl)c(Cl)c1. The molecule has 5 nitrogen and oxygen atoms in total. The third-order valence-corrected chi connectivity index (χ3v) is 10.6. The Kier molecular flexibility index (Phi) is 5.92. The van der Waals surface area contributed by atoms with Crippen molar-refractivity contribution in [1.82, 2.24) is 4.98 Å². The van der Waals surface area contributed by atoms with Crippen LogP contribution in [0.3, 0.4) is 0 Å². The number of thioether (sulfide) groups is 1. The number of anilines is 1. The highest BCUT2D eigenvalue weighted by atomic mass is 35.5. The van der Waals surface area contributed by atoms with Gasteiger partial charge in [0.05, 0.1) is 15.1 Å². The van der Waals surface area contributed by atoms with Crippen LogP contribution in [-0.4, -0.2) is 22.7 Å². The van der Waals surface area contributed by atoms with E-state index >= 15 is 0 Å². The standard InChI is InChI=1S/C25H22Cl2N2O3S2/c26-17-7-6-15(10-18(17)27)28-19(30)11-32-16-3-1-2-12(9-16)21-20-13-4-5-14(8-13)22(20)33-24-23(21)34-25(31)29-24/h1-3,6-7,9-10,13-14,20-22H,4-5,8,11H2,(H,28,30)(H,29,31)/t13?,14?,20?,21-,22?/m1/s1. The second-order valence-corrected chi connectivity index (χ2v) is 12.2. The lowest BCUT2D eigenvalue weighted by molar-refractivity contribution is -0.118. The fourth-order valence-electron chi connectivity index (χ4n) is 5.94. The highest BCUT2D eigenvalue weighted by molar-refractivity contribution is 8.00. The lowest BCUT2D eigenvalue weighted by Gasteiger charge is -2.40. The summed E-state index contributed by atoms with van der Waals surface area (Å²) in [6, 6.07) is 12.9. The number of fused-ring (bicyclic) bond motifs is 6. The largest absolute Gasteiger partial charge is 0.484 e. The Balaban J connectivity index is 1.22. The number of rotatable bonds is 5. The van der Waals surface area contributed by atoms with Crippen molar-refractivity contribution >= 4 is 57.9 Å². The number of benzene rings is 2. The van der Waals surface area contributed by atoms with Crippen LogP contribution in [0.5, 0.6) is 5.75 Å². The van der Waals surface area contributed by atoms with Crippen LogP contribution in [0.1, 0.15) is 35.6 Å². The number of carbonyl (C=O) groups excluding carboxylic acids is 1. The summed E-state index contributed by atoms with van der Waals surface area (Å²) in [5, 5.41) is 5.19. The summed E-state index contributed by atoms with van der Waals surface area (Å²) < 4.78 is 5.85. The average Bonchev–Trinajstić information content (AvgIpc) is 3.53. The Hall–Kier alpha value is -1.93. The van der Waals surface area contributed by atoms with Gasteiger partial charge in [-0.25, -0.2) is 0 Å². The number of amides is 1. The molecule has 2 saturated carbocycles. The molecular weight excluding hydrogens is 511 g/mol. The van der Waals surface area contributed by atoms with Gasteiger partial charge in [0.1, 0.15) is 5.75 Å². The van der Waals surface area contributed by atoms with Gasteiger partial charge in [-0.2, -0.15) is 0 Å². The van der Waals surface area contributed by atoms with Crippen molar-refractivity contribution in [3.8, 4) is 5.75 Å². The van der Waals surface area contributed by atoms with Gasteiger partial charge in [-0.1, -0.05) is 46.7 Å². The summed E-state index contributed by atoms with van der Waals surface area (Å²) in [7, 11) is 0. The summed E-state index contributed by atoms with van der Waals surface area (Å²) in [4.78, 5) is 28.9. The van der Waals surface area contributed by atoms with E-state index in [9.17, 15) is 9.59 Å². The topological polar surface area (TPSA) is 71.2 Å². The molecule has 2 aliphatic carbocycles. The van der Waals surface area contributed by atoms with E-state index in [0.29, 0.717) is 38.6 Å². The van der Waals surface area contributed by atoms with Gasteiger partial charge >= 0.3 is 4.87 Å². The van der Waals surface area contributed by atoms with Gasteiger partial charge in [-0.3, -0.25) is 9.59 Å². The Morgan fingerprint density at radius 2 is 1.97 bits per heavy atom. The number of nitrogens with one attached hydrogen (secondary N) is 2. The Bertz CT molecular complexity index is 1320. The van der Waals surface area contributed by atoms with E-state index in [0.717, 1.165) is 21.4 Å². The predicted molar refractivity (Wildman–Crippen MR) is 138 cm³/mol. The fraction of sp³-hybridized carbons (Fsp3) is 0.360. The average molecular weight is 534 g/mol. The van der Waals surface area contributed by atoms with Crippen molar-refractivity contribution in [3.63, 3.8) is 0 Å². The molecule has 6 rings (SSSR count). The van der Waals surface area contributed by atoms with Crippen LogP contribution in [0.2, 0.25) is 10.0 Å². The number of hydrogen-bond acceptors (Lipinski definition) is 5. The highest BCUT2D eigenvalue weighted by Crippen LogP contribution is 2.63. The van der Waals surface area contributed by atoms with Crippen LogP contribution in [0.25, 0.3) is 0 Å². The minimum absolute atomic E-state index is 0.0150. The van der Waals surface area contributed by atoms with Crippen molar-refractivity contribution in [2.75, 3.05) is 11.9 Å². The summed E-state index contributed by atoms with van der Waals surface area (Å²) >= 11 is 15.2. The molecule has 34 heavy (non-hydrogen) atoms. The maximum Gasteiger partial charge on any atom is 0.305 e. The molecule has 0 radical (unpaired) electrons. The summed E-state index contributed by atoms with van der Waals surface area (Å²) in [5.41, 5.74) is 1.72. The number of halogens is 2. The van der Waals surface area contributed by atoms with E-state index in [1.165, 1.54) is 30.6 Å². The van der Waals surface area contributed by atoms with Gasteiger partial charge in [-0.05, 0) is 72.9 Å². The number of ether oxygens (including phenoxy) is 1. The lowest BCUT2D eigenvalue weighted by Crippen LogP contribution is -2.33. The van der Waals surface area contributed by atoms with Gasteiger partial charge < -0.3 is 15.0 Å². The minimum Gasteiger partial charge on any atom is -0.484 e. The first kappa shape index (κ1) is 22.5. The molecule has 0 spiro atoms. The molecule has 1 aliphatic heterocycles. The molecule has 4 unspecified atom stereocenters. The predicted octanol–water partition coefficient (Wildman–Crippen LogP) is 6.41. The summed E-state index contributed by atoms with van der Waals surface area (Å²) in [5.74, 6) is 2.54. The van der Waals surface area contributed by atoms with Crippen LogP contribution in [0.15, 0.2) is 52.3 Å². The second-order valence-electron chi connectivity index (χ2n) is 9.22. The second kappa shape index (κ2) is 8.94. The van der Waals surface area contributed by atoms with Gasteiger partial charge in [0, 0.05) is 21.7 Å². The summed E-state index contributed by atoms with van der Waals surface area (Å²) in [6.45, 7) is -0.121. The van der Waals surface area contributed by atoms with Crippen molar-refractivity contribution in [1.29, 1.82) is 0 Å². The molecule has 176 valence electrons. The number of aromatic nitrogens is 1. The molecular formula is C25H22Cl2N2O3S2. The molecule has 1 aromatic heterocycles. The van der Waals surface area contributed by atoms with E-state index in [-0.39, 0.29) is 23.3 Å². The fourth-order valence-corrected chi connectivity index (χ4v) is 9.13. The molecule has 2 heterocycles. The van der Waals surface area contributed by atoms with Crippen molar-refractivity contribution in [2.45, 2.75) is 35.5 Å². The first-order chi connectivity index (χ1) is 16.5. The van der Waals surface area contributed by atoms with Gasteiger partial charge in [0.2, 0.25) is 0 Å². The first-order valence-corrected chi connectivity index (χ1v) is 13.8. The van der Waals surface area contributed by atoms with E-state index in [4.69, 9.17) is 27.9 Å². The Morgan fingerprint density at radius 1 is 1.12 bits per heavy atom. The first-order valence-electron chi connectivity index (χ1n) is 11.3. The third-order valence-electron chi connectivity index (χ3n) is 7.26. The molecule has 9 heteroatoms. The zero-order valence-corrected chi connectivity index (χ0v) is 21.2. The van der Waals surface area contributed by atoms with Gasteiger partial charge in [0.25, 0.3) is 5.91 Å². The molecule has 2 N–H and O–H groups in total. The van der Waals surface area contributed by atoms with Crippen molar-refractivity contribution in [3.05, 3.63) is 72.6 Å². The van der Waals surface area contributed by atoms with Crippen molar-refractivity contribution in [2.24, 2.45) is 17.8 Å². The number of carbonyl (C=O) groups is 1. The zero-order chi connectivity index (χ0) is 23.4. The lowest BCUT2D eigenvalue weighted by atomic mass is 9.75. The van der Waals surface area contributed by atoms with Crippen LogP contribution >= 0.6 is 46.3 Å². The number of thiazole rings is 1. The van der Waals surface area contributed by atoms with Crippen LogP contribution in [0.4, 0.5) is 5.69 Å². The van der Waals surface area contributed by atoms with Crippen LogP contribution < -0.4 is 14.9 Å². The molecule has 3 aliphatic rings. The normalized spacial score (nSPS) is 26.7.